The van der Waals surface area contributed by atoms with Gasteiger partial charge in [0, 0.05) is 18.7 Å². The molecule has 1 aromatic rings. The zero-order valence-electron chi connectivity index (χ0n) is 13.0. The van der Waals surface area contributed by atoms with Crippen molar-refractivity contribution >= 4 is 0 Å². The van der Waals surface area contributed by atoms with Gasteiger partial charge in [0.05, 0.1) is 12.7 Å². The van der Waals surface area contributed by atoms with Crippen LogP contribution in [0.15, 0.2) is 24.3 Å². The highest BCUT2D eigenvalue weighted by atomic mass is 16.5. The fourth-order valence-electron chi connectivity index (χ4n) is 3.61. The molecule has 0 amide bonds. The van der Waals surface area contributed by atoms with Gasteiger partial charge in [0.2, 0.25) is 0 Å². The molecular weight excluding hydrogens is 264 g/mol. The van der Waals surface area contributed by atoms with Crippen LogP contribution < -0.4 is 15.4 Å². The van der Waals surface area contributed by atoms with Crippen molar-refractivity contribution in [2.24, 2.45) is 0 Å². The Morgan fingerprint density at radius 3 is 2.67 bits per heavy atom. The molecule has 0 radical (unpaired) electrons. The molecule has 0 bridgehead atoms. The number of piperidine rings is 1. The first-order valence-corrected chi connectivity index (χ1v) is 7.98. The predicted molar refractivity (Wildman–Crippen MR) is 83.7 cm³/mol. The highest BCUT2D eigenvalue weighted by molar-refractivity contribution is 5.29. The Morgan fingerprint density at radius 2 is 2.00 bits per heavy atom. The Bertz CT molecular complexity index is 454. The number of rotatable bonds is 4. The van der Waals surface area contributed by atoms with Gasteiger partial charge in [-0.05, 0) is 57.0 Å². The Hall–Kier alpha value is -1.10. The van der Waals surface area contributed by atoms with Gasteiger partial charge in [-0.25, -0.2) is 0 Å². The fourth-order valence-corrected chi connectivity index (χ4v) is 3.61. The van der Waals surface area contributed by atoms with Gasteiger partial charge in [-0.15, -0.1) is 0 Å². The van der Waals surface area contributed by atoms with Crippen molar-refractivity contribution in [2.45, 2.75) is 43.9 Å². The quantitative estimate of drug-likeness (QED) is 0.892. The number of methoxy groups -OCH3 is 1. The standard InChI is InChI=1S/C17H26N2O2/c1-13(14-3-5-15(20-2)6-4-14)19-16-7-12-21-17(16)8-10-18-11-9-17/h3-6,13,16,18-19H,7-12H2,1-2H3/t13-,16-/m1/s1. The van der Waals surface area contributed by atoms with Gasteiger partial charge in [-0.2, -0.15) is 0 Å². The number of ether oxygens (including phenoxy) is 2. The third-order valence-corrected chi connectivity index (χ3v) is 4.95. The van der Waals surface area contributed by atoms with Crippen LogP contribution in [0.2, 0.25) is 0 Å². The van der Waals surface area contributed by atoms with Crippen molar-refractivity contribution in [3.05, 3.63) is 29.8 Å². The average molecular weight is 290 g/mol. The van der Waals surface area contributed by atoms with E-state index in [1.54, 1.807) is 7.11 Å². The lowest BCUT2D eigenvalue weighted by molar-refractivity contribution is -0.0350. The Kier molecular flexibility index (Phi) is 4.48. The summed E-state index contributed by atoms with van der Waals surface area (Å²) in [6.07, 6.45) is 3.33. The molecule has 4 heteroatoms. The van der Waals surface area contributed by atoms with E-state index in [1.165, 1.54) is 5.56 Å². The zero-order chi connectivity index (χ0) is 14.7. The van der Waals surface area contributed by atoms with Crippen molar-refractivity contribution < 1.29 is 9.47 Å². The number of hydrogen-bond acceptors (Lipinski definition) is 4. The summed E-state index contributed by atoms with van der Waals surface area (Å²) in [5.74, 6) is 0.907. The van der Waals surface area contributed by atoms with Crippen molar-refractivity contribution in [2.75, 3.05) is 26.8 Å². The Morgan fingerprint density at radius 1 is 1.29 bits per heavy atom. The molecule has 1 spiro atoms. The molecule has 3 rings (SSSR count). The van der Waals surface area contributed by atoms with Gasteiger partial charge in [0.1, 0.15) is 5.75 Å². The SMILES string of the molecule is COc1ccc([C@@H](C)N[C@@H]2CCOC23CCNCC3)cc1. The molecule has 1 aromatic carbocycles. The van der Waals surface area contributed by atoms with Gasteiger partial charge < -0.3 is 20.1 Å². The first-order chi connectivity index (χ1) is 10.2. The number of nitrogens with one attached hydrogen (secondary N) is 2. The van der Waals surface area contributed by atoms with Gasteiger partial charge in [-0.3, -0.25) is 0 Å². The van der Waals surface area contributed by atoms with Gasteiger partial charge in [0.25, 0.3) is 0 Å². The third-order valence-electron chi connectivity index (χ3n) is 4.95. The number of hydrogen-bond donors (Lipinski definition) is 2. The average Bonchev–Trinajstić information content (AvgIpc) is 2.90. The van der Waals surface area contributed by atoms with Crippen LogP contribution in [-0.2, 0) is 4.74 Å². The van der Waals surface area contributed by atoms with E-state index >= 15 is 0 Å². The molecule has 2 N–H and O–H groups in total. The summed E-state index contributed by atoms with van der Waals surface area (Å²) < 4.78 is 11.4. The molecule has 0 saturated carbocycles. The van der Waals surface area contributed by atoms with Gasteiger partial charge >= 0.3 is 0 Å². The second-order valence-electron chi connectivity index (χ2n) is 6.17. The summed E-state index contributed by atoms with van der Waals surface area (Å²) in [5, 5.41) is 7.23. The van der Waals surface area contributed by atoms with E-state index in [4.69, 9.17) is 9.47 Å². The topological polar surface area (TPSA) is 42.5 Å². The van der Waals surface area contributed by atoms with E-state index in [2.05, 4.69) is 29.7 Å². The lowest BCUT2D eigenvalue weighted by Crippen LogP contribution is -2.53. The smallest absolute Gasteiger partial charge is 0.118 e. The summed E-state index contributed by atoms with van der Waals surface area (Å²) >= 11 is 0. The molecule has 2 heterocycles. The summed E-state index contributed by atoms with van der Waals surface area (Å²) in [5.41, 5.74) is 1.35. The third kappa shape index (κ3) is 3.07. The summed E-state index contributed by atoms with van der Waals surface area (Å²) in [4.78, 5) is 0. The predicted octanol–water partition coefficient (Wildman–Crippen LogP) is 2.26. The van der Waals surface area contributed by atoms with E-state index in [0.717, 1.165) is 44.7 Å². The second kappa shape index (κ2) is 6.34. The minimum absolute atomic E-state index is 0.0476. The van der Waals surface area contributed by atoms with Crippen LogP contribution in [0.25, 0.3) is 0 Å². The van der Waals surface area contributed by atoms with Crippen LogP contribution in [0.3, 0.4) is 0 Å². The minimum atomic E-state index is 0.0476. The fraction of sp³-hybridized carbons (Fsp3) is 0.647. The molecule has 2 saturated heterocycles. The molecule has 2 aliphatic heterocycles. The molecule has 21 heavy (non-hydrogen) atoms. The molecule has 4 nitrogen and oxygen atoms in total. The maximum absolute atomic E-state index is 6.14. The van der Waals surface area contributed by atoms with Crippen LogP contribution in [-0.4, -0.2) is 38.4 Å². The first kappa shape index (κ1) is 14.8. The van der Waals surface area contributed by atoms with Crippen molar-refractivity contribution in [1.29, 1.82) is 0 Å². The summed E-state index contributed by atoms with van der Waals surface area (Å²) in [6, 6.07) is 9.12. The van der Waals surface area contributed by atoms with E-state index in [9.17, 15) is 0 Å². The molecule has 0 aromatic heterocycles. The van der Waals surface area contributed by atoms with E-state index in [0.29, 0.717) is 12.1 Å². The highest BCUT2D eigenvalue weighted by Gasteiger charge is 2.45. The second-order valence-corrected chi connectivity index (χ2v) is 6.17. The zero-order valence-corrected chi connectivity index (χ0v) is 13.0. The van der Waals surface area contributed by atoms with E-state index in [1.807, 2.05) is 12.1 Å². The summed E-state index contributed by atoms with van der Waals surface area (Å²) in [7, 11) is 1.70. The maximum atomic E-state index is 6.14. The monoisotopic (exact) mass is 290 g/mol. The lowest BCUT2D eigenvalue weighted by atomic mass is 9.84. The van der Waals surface area contributed by atoms with Crippen molar-refractivity contribution in [3.63, 3.8) is 0 Å². The summed E-state index contributed by atoms with van der Waals surface area (Å²) in [6.45, 7) is 5.24. The molecule has 2 aliphatic rings. The van der Waals surface area contributed by atoms with Crippen LogP contribution in [0.4, 0.5) is 0 Å². The van der Waals surface area contributed by atoms with Crippen molar-refractivity contribution in [3.8, 4) is 5.75 Å². The van der Waals surface area contributed by atoms with Crippen LogP contribution >= 0.6 is 0 Å². The van der Waals surface area contributed by atoms with Crippen LogP contribution in [0.5, 0.6) is 5.75 Å². The van der Waals surface area contributed by atoms with Crippen molar-refractivity contribution in [1.82, 2.24) is 10.6 Å². The molecule has 0 aliphatic carbocycles. The van der Waals surface area contributed by atoms with E-state index in [-0.39, 0.29) is 5.60 Å². The molecule has 0 unspecified atom stereocenters. The van der Waals surface area contributed by atoms with E-state index < -0.39 is 0 Å². The van der Waals surface area contributed by atoms with Crippen LogP contribution in [0, 0.1) is 0 Å². The highest BCUT2D eigenvalue weighted by Crippen LogP contribution is 2.35. The molecule has 2 fully saturated rings. The largest absolute Gasteiger partial charge is 0.497 e. The van der Waals surface area contributed by atoms with Gasteiger partial charge in [0.15, 0.2) is 0 Å². The maximum Gasteiger partial charge on any atom is 0.118 e. The number of benzene rings is 1. The lowest BCUT2D eigenvalue weighted by Gasteiger charge is -2.39. The Balaban J connectivity index is 1.66. The molecular formula is C17H26N2O2. The molecule has 2 atom stereocenters. The van der Waals surface area contributed by atoms with Crippen LogP contribution in [0.1, 0.15) is 37.8 Å². The minimum Gasteiger partial charge on any atom is -0.497 e. The first-order valence-electron chi connectivity index (χ1n) is 7.98. The molecule has 116 valence electrons. The normalized spacial score (nSPS) is 25.9. The van der Waals surface area contributed by atoms with Gasteiger partial charge in [-0.1, -0.05) is 12.1 Å². The Labute approximate surface area is 127 Å².